The number of aryl methyl sites for hydroxylation is 1. The van der Waals surface area contributed by atoms with Crippen LogP contribution in [0.1, 0.15) is 54.9 Å². The van der Waals surface area contributed by atoms with Gasteiger partial charge in [-0.25, -0.2) is 4.79 Å². The lowest BCUT2D eigenvalue weighted by Gasteiger charge is -2.24. The molecule has 0 aromatic heterocycles. The number of nitrogens with one attached hydrogen (secondary N) is 1. The first-order valence-corrected chi connectivity index (χ1v) is 8.68. The van der Waals surface area contributed by atoms with E-state index in [1.165, 1.54) is 19.4 Å². The number of phenolic OH excluding ortho intramolecular Hbond substituents is 1. The van der Waals surface area contributed by atoms with E-state index in [1.807, 2.05) is 0 Å². The van der Waals surface area contributed by atoms with Crippen molar-refractivity contribution in [1.29, 1.82) is 0 Å². The summed E-state index contributed by atoms with van der Waals surface area (Å²) in [4.78, 5) is 24.3. The second-order valence-electron chi connectivity index (χ2n) is 6.03. The Morgan fingerprint density at radius 3 is 2.61 bits per heavy atom. The first-order valence-electron chi connectivity index (χ1n) is 7.89. The van der Waals surface area contributed by atoms with Crippen LogP contribution in [-0.4, -0.2) is 29.1 Å². The van der Waals surface area contributed by atoms with E-state index in [4.69, 9.17) is 4.74 Å². The van der Waals surface area contributed by atoms with Gasteiger partial charge in [0.1, 0.15) is 11.3 Å². The summed E-state index contributed by atoms with van der Waals surface area (Å²) < 4.78 is 5.62. The van der Waals surface area contributed by atoms with Gasteiger partial charge in [0, 0.05) is 6.04 Å². The second-order valence-corrected chi connectivity index (χ2v) is 6.89. The molecule has 1 saturated carbocycles. The highest BCUT2D eigenvalue weighted by Crippen LogP contribution is 2.30. The zero-order valence-corrected chi connectivity index (χ0v) is 15.0. The van der Waals surface area contributed by atoms with Crippen LogP contribution in [0.2, 0.25) is 0 Å². The molecule has 0 bridgehead atoms. The molecule has 0 heterocycles. The van der Waals surface area contributed by atoms with Crippen LogP contribution in [0.25, 0.3) is 0 Å². The Hall–Kier alpha value is -1.56. The molecular weight excluding hydrogens is 362 g/mol. The quantitative estimate of drug-likeness (QED) is 0.780. The number of hydrogen-bond donors (Lipinski definition) is 2. The van der Waals surface area contributed by atoms with E-state index >= 15 is 0 Å². The van der Waals surface area contributed by atoms with Crippen molar-refractivity contribution in [3.63, 3.8) is 0 Å². The minimum atomic E-state index is -0.900. The van der Waals surface area contributed by atoms with Crippen LogP contribution in [0.4, 0.5) is 0 Å². The van der Waals surface area contributed by atoms with Gasteiger partial charge in [-0.05, 0) is 60.3 Å². The van der Waals surface area contributed by atoms with Crippen LogP contribution in [0, 0.1) is 6.92 Å². The summed E-state index contributed by atoms with van der Waals surface area (Å²) in [6, 6.07) is 3.40. The summed E-state index contributed by atoms with van der Waals surface area (Å²) in [5.74, 6) is -1.19. The standard InChI is InChI=1S/C17H22BrNO4/c1-10-8-13(15(20)14(18)9-10)17(22)23-11(2)16(21)19-12-6-4-3-5-7-12/h8-9,11-12,20H,3-7H2,1-2H3,(H,19,21). The number of rotatable bonds is 4. The molecule has 1 aromatic rings. The number of hydrogen-bond acceptors (Lipinski definition) is 4. The molecule has 0 saturated heterocycles. The summed E-state index contributed by atoms with van der Waals surface area (Å²) in [6.07, 6.45) is 4.48. The van der Waals surface area contributed by atoms with Crippen molar-refractivity contribution in [2.75, 3.05) is 0 Å². The molecule has 5 nitrogen and oxygen atoms in total. The van der Waals surface area contributed by atoms with Crippen LogP contribution >= 0.6 is 15.9 Å². The topological polar surface area (TPSA) is 75.6 Å². The van der Waals surface area contributed by atoms with Crippen LogP contribution in [0.15, 0.2) is 16.6 Å². The third-order valence-electron chi connectivity index (χ3n) is 4.03. The average molecular weight is 384 g/mol. The number of esters is 1. The molecule has 1 fully saturated rings. The molecule has 6 heteroatoms. The Morgan fingerprint density at radius 2 is 1.96 bits per heavy atom. The van der Waals surface area contributed by atoms with Gasteiger partial charge < -0.3 is 15.2 Å². The van der Waals surface area contributed by atoms with Crippen LogP contribution < -0.4 is 5.32 Å². The number of phenols is 1. The number of benzene rings is 1. The maximum Gasteiger partial charge on any atom is 0.342 e. The van der Waals surface area contributed by atoms with E-state index < -0.39 is 12.1 Å². The van der Waals surface area contributed by atoms with Crippen molar-refractivity contribution >= 4 is 27.8 Å². The SMILES string of the molecule is Cc1cc(Br)c(O)c(C(=O)OC(C)C(=O)NC2CCCCC2)c1. The highest BCUT2D eigenvalue weighted by molar-refractivity contribution is 9.10. The van der Waals surface area contributed by atoms with Gasteiger partial charge in [-0.1, -0.05) is 19.3 Å². The molecule has 2 N–H and O–H groups in total. The zero-order chi connectivity index (χ0) is 17.0. The molecule has 23 heavy (non-hydrogen) atoms. The number of aromatic hydroxyl groups is 1. The number of halogens is 1. The molecular formula is C17H22BrNO4. The predicted molar refractivity (Wildman–Crippen MR) is 90.4 cm³/mol. The van der Waals surface area contributed by atoms with Gasteiger partial charge in [-0.15, -0.1) is 0 Å². The number of carbonyl (C=O) groups is 2. The molecule has 0 radical (unpaired) electrons. The average Bonchev–Trinajstić information content (AvgIpc) is 2.51. The van der Waals surface area contributed by atoms with Gasteiger partial charge in [0.25, 0.3) is 5.91 Å². The molecule has 1 atom stereocenters. The first-order chi connectivity index (χ1) is 10.9. The molecule has 1 aliphatic carbocycles. The lowest BCUT2D eigenvalue weighted by atomic mass is 9.95. The minimum Gasteiger partial charge on any atom is -0.506 e. The fourth-order valence-electron chi connectivity index (χ4n) is 2.73. The first kappa shape index (κ1) is 17.8. The maximum absolute atomic E-state index is 12.2. The van der Waals surface area contributed by atoms with Crippen LogP contribution in [0.5, 0.6) is 5.75 Å². The molecule has 0 spiro atoms. The Balaban J connectivity index is 1.97. The van der Waals surface area contributed by atoms with Gasteiger partial charge >= 0.3 is 5.97 Å². The fraction of sp³-hybridized carbons (Fsp3) is 0.529. The van der Waals surface area contributed by atoms with Crippen molar-refractivity contribution in [3.05, 3.63) is 27.7 Å². The van der Waals surface area contributed by atoms with Crippen molar-refractivity contribution in [2.24, 2.45) is 0 Å². The molecule has 0 aliphatic heterocycles. The highest BCUT2D eigenvalue weighted by atomic mass is 79.9. The van der Waals surface area contributed by atoms with Gasteiger partial charge in [-0.2, -0.15) is 0 Å². The smallest absolute Gasteiger partial charge is 0.342 e. The second kappa shape index (κ2) is 7.81. The van der Waals surface area contributed by atoms with Crippen molar-refractivity contribution < 1.29 is 19.4 Å². The molecule has 1 aromatic carbocycles. The summed E-state index contributed by atoms with van der Waals surface area (Å²) in [6.45, 7) is 3.35. The minimum absolute atomic E-state index is 0.0502. The third kappa shape index (κ3) is 4.70. The van der Waals surface area contributed by atoms with E-state index in [9.17, 15) is 14.7 Å². The van der Waals surface area contributed by atoms with Crippen LogP contribution in [0.3, 0.4) is 0 Å². The molecule has 2 rings (SSSR count). The van der Waals surface area contributed by atoms with Crippen LogP contribution in [-0.2, 0) is 9.53 Å². The molecule has 126 valence electrons. The van der Waals surface area contributed by atoms with Gasteiger partial charge in [0.15, 0.2) is 6.10 Å². The zero-order valence-electron chi connectivity index (χ0n) is 13.4. The van der Waals surface area contributed by atoms with E-state index in [0.717, 1.165) is 31.2 Å². The number of ether oxygens (including phenoxy) is 1. The summed E-state index contributed by atoms with van der Waals surface area (Å²) in [5.41, 5.74) is 0.857. The summed E-state index contributed by atoms with van der Waals surface area (Å²) in [5, 5.41) is 12.9. The maximum atomic E-state index is 12.2. The lowest BCUT2D eigenvalue weighted by Crippen LogP contribution is -2.42. The van der Waals surface area contributed by atoms with Gasteiger partial charge in [0.05, 0.1) is 4.47 Å². The van der Waals surface area contributed by atoms with Gasteiger partial charge in [-0.3, -0.25) is 4.79 Å². The lowest BCUT2D eigenvalue weighted by molar-refractivity contribution is -0.130. The van der Waals surface area contributed by atoms with E-state index in [1.54, 1.807) is 13.0 Å². The normalized spacial score (nSPS) is 16.7. The number of carbonyl (C=O) groups excluding carboxylic acids is 2. The fourth-order valence-corrected chi connectivity index (χ4v) is 3.31. The Morgan fingerprint density at radius 1 is 1.30 bits per heavy atom. The Labute approximate surface area is 144 Å². The van der Waals surface area contributed by atoms with Crippen molar-refractivity contribution in [1.82, 2.24) is 5.32 Å². The van der Waals surface area contributed by atoms with Crippen molar-refractivity contribution in [3.8, 4) is 5.75 Å². The molecule has 1 unspecified atom stereocenters. The summed E-state index contributed by atoms with van der Waals surface area (Å²) in [7, 11) is 0. The molecule has 1 aliphatic rings. The van der Waals surface area contributed by atoms with E-state index in [0.29, 0.717) is 4.47 Å². The molecule has 1 amide bonds. The Bertz CT molecular complexity index is 597. The third-order valence-corrected chi connectivity index (χ3v) is 4.64. The number of amides is 1. The summed E-state index contributed by atoms with van der Waals surface area (Å²) >= 11 is 3.19. The predicted octanol–water partition coefficient (Wildman–Crippen LogP) is 3.46. The van der Waals surface area contributed by atoms with E-state index in [-0.39, 0.29) is 23.3 Å². The van der Waals surface area contributed by atoms with E-state index in [2.05, 4.69) is 21.2 Å². The Kier molecular flexibility index (Phi) is 6.04. The largest absolute Gasteiger partial charge is 0.506 e. The monoisotopic (exact) mass is 383 g/mol. The highest BCUT2D eigenvalue weighted by Gasteiger charge is 2.24. The van der Waals surface area contributed by atoms with Gasteiger partial charge in [0.2, 0.25) is 0 Å². The van der Waals surface area contributed by atoms with Crippen molar-refractivity contribution in [2.45, 2.75) is 58.1 Å².